The van der Waals surface area contributed by atoms with Gasteiger partial charge in [0.2, 0.25) is 0 Å². The van der Waals surface area contributed by atoms with Crippen LogP contribution in [-0.4, -0.2) is 75.7 Å². The highest BCUT2D eigenvalue weighted by Crippen LogP contribution is 2.07. The average Bonchev–Trinajstić information content (AvgIpc) is 2.69. The second kappa shape index (κ2) is 19.1. The summed E-state index contributed by atoms with van der Waals surface area (Å²) in [5.41, 5.74) is 0. The minimum Gasteiger partial charge on any atom is -0.438 e. The standard InChI is InChI=1S/C23H44O10/c1-16(2)26-12-22(32-18(5)6)30-14-28-20(24)10-9-11-21(25)29-15-31-23(33-19(7)8)13-27-17(3)4/h16-19,22-23H,9-15H2,1-8H3. The van der Waals surface area contributed by atoms with Gasteiger partial charge in [0, 0.05) is 12.8 Å². The summed E-state index contributed by atoms with van der Waals surface area (Å²) in [6, 6.07) is 0. The van der Waals surface area contributed by atoms with Crippen LogP contribution in [0, 0.1) is 0 Å². The maximum Gasteiger partial charge on any atom is 0.307 e. The van der Waals surface area contributed by atoms with E-state index in [1.165, 1.54) is 0 Å². The van der Waals surface area contributed by atoms with Crippen molar-refractivity contribution < 1.29 is 47.5 Å². The zero-order chi connectivity index (χ0) is 25.2. The SMILES string of the molecule is CC(C)OCC(OCOC(=O)CCCC(=O)OCOC(COC(C)C)OC(C)C)OC(C)C. The third-order valence-electron chi connectivity index (χ3n) is 3.69. The molecule has 0 saturated heterocycles. The van der Waals surface area contributed by atoms with Gasteiger partial charge in [-0.05, 0) is 61.8 Å². The number of esters is 2. The van der Waals surface area contributed by atoms with Crippen molar-refractivity contribution in [2.75, 3.05) is 26.8 Å². The lowest BCUT2D eigenvalue weighted by molar-refractivity contribution is -0.229. The first-order valence-electron chi connectivity index (χ1n) is 11.6. The van der Waals surface area contributed by atoms with E-state index in [0.29, 0.717) is 0 Å². The number of ether oxygens (including phenoxy) is 8. The molecule has 10 heteroatoms. The molecule has 0 aliphatic heterocycles. The van der Waals surface area contributed by atoms with Crippen LogP contribution in [0.5, 0.6) is 0 Å². The van der Waals surface area contributed by atoms with E-state index >= 15 is 0 Å². The summed E-state index contributed by atoms with van der Waals surface area (Å²) in [7, 11) is 0. The monoisotopic (exact) mass is 480 g/mol. The van der Waals surface area contributed by atoms with Crippen LogP contribution < -0.4 is 0 Å². The Morgan fingerprint density at radius 2 is 0.909 bits per heavy atom. The van der Waals surface area contributed by atoms with Crippen LogP contribution in [-0.2, 0) is 47.5 Å². The first kappa shape index (κ1) is 31.7. The molecule has 33 heavy (non-hydrogen) atoms. The lowest BCUT2D eigenvalue weighted by Gasteiger charge is -2.21. The number of carbonyl (C=O) groups excluding carboxylic acids is 2. The van der Waals surface area contributed by atoms with Crippen LogP contribution in [0.1, 0.15) is 74.7 Å². The van der Waals surface area contributed by atoms with Crippen LogP contribution in [0.15, 0.2) is 0 Å². The molecule has 0 fully saturated rings. The van der Waals surface area contributed by atoms with E-state index < -0.39 is 24.5 Å². The highest BCUT2D eigenvalue weighted by atomic mass is 16.8. The van der Waals surface area contributed by atoms with Crippen LogP contribution in [0.2, 0.25) is 0 Å². The van der Waals surface area contributed by atoms with E-state index in [2.05, 4.69) is 0 Å². The Bertz CT molecular complexity index is 463. The maximum absolute atomic E-state index is 11.8. The Balaban J connectivity index is 4.04. The Morgan fingerprint density at radius 1 is 0.545 bits per heavy atom. The molecule has 0 N–H and O–H groups in total. The van der Waals surface area contributed by atoms with Gasteiger partial charge < -0.3 is 37.9 Å². The minimum atomic E-state index is -0.635. The van der Waals surface area contributed by atoms with Gasteiger partial charge in [0.1, 0.15) is 0 Å². The predicted molar refractivity (Wildman–Crippen MR) is 120 cm³/mol. The molecule has 0 aliphatic carbocycles. The van der Waals surface area contributed by atoms with E-state index in [4.69, 9.17) is 37.9 Å². The number of hydrogen-bond donors (Lipinski definition) is 0. The first-order chi connectivity index (χ1) is 15.5. The summed E-state index contributed by atoms with van der Waals surface area (Å²) < 4.78 is 43.0. The van der Waals surface area contributed by atoms with Crippen molar-refractivity contribution in [3.63, 3.8) is 0 Å². The first-order valence-corrected chi connectivity index (χ1v) is 11.6. The van der Waals surface area contributed by atoms with Crippen molar-refractivity contribution in [2.45, 2.75) is 112 Å². The van der Waals surface area contributed by atoms with Crippen molar-refractivity contribution in [1.82, 2.24) is 0 Å². The zero-order valence-electron chi connectivity index (χ0n) is 21.5. The fourth-order valence-corrected chi connectivity index (χ4v) is 2.28. The smallest absolute Gasteiger partial charge is 0.307 e. The zero-order valence-corrected chi connectivity index (χ0v) is 21.5. The van der Waals surface area contributed by atoms with E-state index in [9.17, 15) is 9.59 Å². The average molecular weight is 481 g/mol. The molecule has 2 unspecified atom stereocenters. The highest BCUT2D eigenvalue weighted by molar-refractivity contribution is 5.72. The topological polar surface area (TPSA) is 108 Å². The number of rotatable bonds is 20. The lowest BCUT2D eigenvalue weighted by Crippen LogP contribution is -2.29. The molecular weight excluding hydrogens is 436 g/mol. The Hall–Kier alpha value is -1.30. The van der Waals surface area contributed by atoms with Gasteiger partial charge in [-0.2, -0.15) is 0 Å². The summed E-state index contributed by atoms with van der Waals surface area (Å²) in [5, 5.41) is 0. The normalized spacial score (nSPS) is 13.7. The van der Waals surface area contributed by atoms with Gasteiger partial charge in [-0.1, -0.05) is 0 Å². The van der Waals surface area contributed by atoms with Gasteiger partial charge >= 0.3 is 11.9 Å². The fourth-order valence-electron chi connectivity index (χ4n) is 2.28. The van der Waals surface area contributed by atoms with Crippen LogP contribution in [0.4, 0.5) is 0 Å². The molecule has 0 spiro atoms. The van der Waals surface area contributed by atoms with E-state index in [1.54, 1.807) is 0 Å². The summed E-state index contributed by atoms with van der Waals surface area (Å²) in [5.74, 6) is -0.966. The van der Waals surface area contributed by atoms with Crippen LogP contribution in [0.25, 0.3) is 0 Å². The molecule has 0 aromatic rings. The second-order valence-electron chi connectivity index (χ2n) is 8.45. The number of carbonyl (C=O) groups is 2. The molecular formula is C23H44O10. The van der Waals surface area contributed by atoms with Crippen molar-refractivity contribution in [3.05, 3.63) is 0 Å². The predicted octanol–water partition coefficient (Wildman–Crippen LogP) is 3.54. The van der Waals surface area contributed by atoms with E-state index in [-0.39, 0.29) is 70.5 Å². The van der Waals surface area contributed by atoms with Crippen molar-refractivity contribution in [2.24, 2.45) is 0 Å². The van der Waals surface area contributed by atoms with Crippen LogP contribution in [0.3, 0.4) is 0 Å². The second-order valence-corrected chi connectivity index (χ2v) is 8.45. The Morgan fingerprint density at radius 3 is 1.21 bits per heavy atom. The fraction of sp³-hybridized carbons (Fsp3) is 0.913. The Kier molecular flexibility index (Phi) is 18.3. The summed E-state index contributed by atoms with van der Waals surface area (Å²) in [6.07, 6.45) is -0.949. The van der Waals surface area contributed by atoms with Gasteiger partial charge in [-0.25, -0.2) is 0 Å². The van der Waals surface area contributed by atoms with E-state index in [0.717, 1.165) is 0 Å². The molecule has 196 valence electrons. The summed E-state index contributed by atoms with van der Waals surface area (Å²) in [4.78, 5) is 23.7. The molecule has 0 aliphatic rings. The van der Waals surface area contributed by atoms with Crippen LogP contribution >= 0.6 is 0 Å². The third kappa shape index (κ3) is 21.0. The lowest BCUT2D eigenvalue weighted by atomic mass is 10.2. The molecule has 0 aromatic heterocycles. The van der Waals surface area contributed by atoms with Gasteiger partial charge in [-0.15, -0.1) is 0 Å². The summed E-state index contributed by atoms with van der Waals surface area (Å²) in [6.45, 7) is 15.1. The van der Waals surface area contributed by atoms with Gasteiger partial charge in [0.15, 0.2) is 26.2 Å². The molecule has 0 amide bonds. The van der Waals surface area contributed by atoms with Gasteiger partial charge in [0.05, 0.1) is 37.6 Å². The molecule has 0 heterocycles. The van der Waals surface area contributed by atoms with Gasteiger partial charge in [0.25, 0.3) is 0 Å². The summed E-state index contributed by atoms with van der Waals surface area (Å²) >= 11 is 0. The third-order valence-corrected chi connectivity index (χ3v) is 3.69. The van der Waals surface area contributed by atoms with Gasteiger partial charge in [-0.3, -0.25) is 9.59 Å². The van der Waals surface area contributed by atoms with Crippen molar-refractivity contribution in [1.29, 1.82) is 0 Å². The molecule has 10 nitrogen and oxygen atoms in total. The number of hydrogen-bond acceptors (Lipinski definition) is 10. The molecule has 0 bridgehead atoms. The molecule has 0 saturated carbocycles. The molecule has 2 atom stereocenters. The largest absolute Gasteiger partial charge is 0.438 e. The highest BCUT2D eigenvalue weighted by Gasteiger charge is 2.16. The molecule has 0 rings (SSSR count). The Labute approximate surface area is 198 Å². The molecule has 0 radical (unpaired) electrons. The molecule has 0 aromatic carbocycles. The van der Waals surface area contributed by atoms with E-state index in [1.807, 2.05) is 55.4 Å². The minimum absolute atomic E-state index is 0.0292. The quantitative estimate of drug-likeness (QED) is 0.190. The van der Waals surface area contributed by atoms with Crippen molar-refractivity contribution in [3.8, 4) is 0 Å². The van der Waals surface area contributed by atoms with Crippen molar-refractivity contribution >= 4 is 11.9 Å². The maximum atomic E-state index is 11.8.